The first-order valence-electron chi connectivity index (χ1n) is 8.01. The zero-order valence-corrected chi connectivity index (χ0v) is 14.2. The molecular weight excluding hydrogens is 334 g/mol. The van der Waals surface area contributed by atoms with Gasteiger partial charge >= 0.3 is 11.8 Å². The smallest absolute Gasteiger partial charge is 0.421 e. The van der Waals surface area contributed by atoms with Gasteiger partial charge in [-0.25, -0.2) is 9.59 Å². The first kappa shape index (κ1) is 16.9. The van der Waals surface area contributed by atoms with E-state index in [2.05, 4.69) is 10.2 Å². The molecule has 0 saturated carbocycles. The maximum Gasteiger partial charge on any atom is 0.421 e. The Bertz CT molecular complexity index is 785. The third-order valence-corrected chi connectivity index (χ3v) is 4.31. The van der Waals surface area contributed by atoms with Gasteiger partial charge in [-0.1, -0.05) is 11.6 Å². The molecule has 1 aromatic heterocycles. The summed E-state index contributed by atoms with van der Waals surface area (Å²) >= 11 is 5.93. The molecule has 24 heavy (non-hydrogen) atoms. The zero-order valence-electron chi connectivity index (χ0n) is 13.5. The van der Waals surface area contributed by atoms with E-state index in [1.54, 1.807) is 29.7 Å². The fraction of sp³-hybridized carbons (Fsp3) is 0.500. The van der Waals surface area contributed by atoms with Gasteiger partial charge < -0.3 is 14.5 Å². The molecule has 0 radical (unpaired) electrons. The number of nitrogens with one attached hydrogen (secondary N) is 1. The third kappa shape index (κ3) is 3.73. The van der Waals surface area contributed by atoms with E-state index in [0.29, 0.717) is 35.9 Å². The van der Waals surface area contributed by atoms with Crippen LogP contribution in [0.2, 0.25) is 5.02 Å². The van der Waals surface area contributed by atoms with E-state index < -0.39 is 11.8 Å². The number of amides is 1. The van der Waals surface area contributed by atoms with E-state index in [4.69, 9.17) is 20.8 Å². The first-order chi connectivity index (χ1) is 11.6. The number of nitrogens with zero attached hydrogens (tertiary/aromatic N) is 2. The number of carbonyl (C=O) groups excluding carboxylic acids is 1. The topological polar surface area (TPSA) is 76.7 Å². The summed E-state index contributed by atoms with van der Waals surface area (Å²) in [5.74, 6) is -0.409. The molecule has 0 bridgehead atoms. The van der Waals surface area contributed by atoms with Crippen molar-refractivity contribution >= 4 is 28.8 Å². The molecule has 7 nitrogen and oxygen atoms in total. The van der Waals surface area contributed by atoms with Crippen LogP contribution >= 0.6 is 11.6 Å². The summed E-state index contributed by atoms with van der Waals surface area (Å²) < 4.78 is 11.8. The van der Waals surface area contributed by atoms with Crippen molar-refractivity contribution in [3.05, 3.63) is 33.8 Å². The van der Waals surface area contributed by atoms with Gasteiger partial charge in [-0.2, -0.15) is 0 Å². The molecule has 1 N–H and O–H groups in total. The second-order valence-electron chi connectivity index (χ2n) is 5.83. The van der Waals surface area contributed by atoms with Gasteiger partial charge in [-0.15, -0.1) is 0 Å². The number of likely N-dealkylation sites (tertiary alicyclic amines) is 1. The first-order valence-corrected chi connectivity index (χ1v) is 8.39. The van der Waals surface area contributed by atoms with Crippen molar-refractivity contribution in [2.24, 2.45) is 0 Å². The summed E-state index contributed by atoms with van der Waals surface area (Å²) in [6.07, 6.45) is 1.43. The minimum atomic E-state index is -0.409. The largest absolute Gasteiger partial charge is 0.450 e. The Morgan fingerprint density at radius 2 is 2.33 bits per heavy atom. The highest BCUT2D eigenvalue weighted by Gasteiger charge is 2.23. The van der Waals surface area contributed by atoms with Gasteiger partial charge in [0.1, 0.15) is 0 Å². The summed E-state index contributed by atoms with van der Waals surface area (Å²) in [7, 11) is 0. The van der Waals surface area contributed by atoms with Crippen molar-refractivity contribution in [3.8, 4) is 0 Å². The molecular formula is C16H20ClN3O4. The fourth-order valence-corrected chi connectivity index (χ4v) is 3.18. The maximum atomic E-state index is 12.1. The van der Waals surface area contributed by atoms with Gasteiger partial charge in [0.05, 0.1) is 18.8 Å². The van der Waals surface area contributed by atoms with Gasteiger partial charge in [0.15, 0.2) is 5.58 Å². The predicted molar refractivity (Wildman–Crippen MR) is 90.2 cm³/mol. The molecule has 1 aliphatic heterocycles. The van der Waals surface area contributed by atoms with Gasteiger partial charge in [0.25, 0.3) is 0 Å². The Morgan fingerprint density at radius 1 is 1.50 bits per heavy atom. The molecule has 1 aromatic carbocycles. The molecule has 2 aromatic rings. The lowest BCUT2D eigenvalue weighted by Gasteiger charge is -2.32. The molecule has 1 amide bonds. The molecule has 0 unspecified atom stereocenters. The zero-order chi connectivity index (χ0) is 17.1. The fourth-order valence-electron chi connectivity index (χ4n) is 3.02. The minimum absolute atomic E-state index is 0.0149. The molecule has 0 spiro atoms. The average molecular weight is 354 g/mol. The van der Waals surface area contributed by atoms with E-state index in [1.165, 1.54) is 0 Å². The van der Waals surface area contributed by atoms with Crippen LogP contribution in [0.3, 0.4) is 0 Å². The van der Waals surface area contributed by atoms with Crippen LogP contribution in [-0.2, 0) is 11.4 Å². The summed E-state index contributed by atoms with van der Waals surface area (Å²) in [6.45, 7) is 4.05. The van der Waals surface area contributed by atoms with Crippen LogP contribution in [0.5, 0.6) is 0 Å². The van der Waals surface area contributed by atoms with Crippen LogP contribution in [0.1, 0.15) is 19.8 Å². The second kappa shape index (κ2) is 7.27. The number of aromatic nitrogens is 1. The molecule has 1 saturated heterocycles. The normalized spacial score (nSPS) is 18.7. The second-order valence-corrected chi connectivity index (χ2v) is 6.27. The molecule has 1 aliphatic rings. The van der Waals surface area contributed by atoms with Gasteiger partial charge in [0.2, 0.25) is 0 Å². The lowest BCUT2D eigenvalue weighted by molar-refractivity contribution is 0.123. The third-order valence-electron chi connectivity index (χ3n) is 4.07. The van der Waals surface area contributed by atoms with Crippen LogP contribution in [0.25, 0.3) is 11.1 Å². The van der Waals surface area contributed by atoms with Crippen molar-refractivity contribution in [1.29, 1.82) is 0 Å². The van der Waals surface area contributed by atoms with Crippen LogP contribution in [0, 0.1) is 0 Å². The molecule has 0 aliphatic carbocycles. The van der Waals surface area contributed by atoms with Crippen LogP contribution < -0.4 is 11.1 Å². The quantitative estimate of drug-likeness (QED) is 0.913. The Labute approximate surface area is 144 Å². The standard InChI is InChI=1S/C16H20ClN3O4/c1-2-23-15(21)18-12-4-3-7-19(9-12)10-20-13-6-5-11(17)8-14(13)24-16(20)22/h5-6,8,12H,2-4,7,9-10H2,1H3,(H,18,21)/t12-/m0/s1. The van der Waals surface area contributed by atoms with E-state index in [0.717, 1.165) is 19.4 Å². The number of carbonyl (C=O) groups is 1. The molecule has 1 fully saturated rings. The van der Waals surface area contributed by atoms with Crippen LogP contribution in [0.15, 0.2) is 27.4 Å². The van der Waals surface area contributed by atoms with Gasteiger partial charge in [-0.3, -0.25) is 9.47 Å². The maximum absolute atomic E-state index is 12.1. The highest BCUT2D eigenvalue weighted by atomic mass is 35.5. The number of fused-ring (bicyclic) bond motifs is 1. The molecule has 130 valence electrons. The number of rotatable bonds is 4. The van der Waals surface area contributed by atoms with Crippen molar-refractivity contribution in [2.45, 2.75) is 32.5 Å². The Morgan fingerprint density at radius 3 is 3.12 bits per heavy atom. The summed E-state index contributed by atoms with van der Waals surface area (Å²) in [5, 5.41) is 3.39. The summed E-state index contributed by atoms with van der Waals surface area (Å²) in [6, 6.07) is 5.16. The number of benzene rings is 1. The number of ether oxygens (including phenoxy) is 1. The Kier molecular flexibility index (Phi) is 5.11. The highest BCUT2D eigenvalue weighted by Crippen LogP contribution is 2.19. The number of hydrogen-bond acceptors (Lipinski definition) is 5. The minimum Gasteiger partial charge on any atom is -0.450 e. The van der Waals surface area contributed by atoms with E-state index >= 15 is 0 Å². The SMILES string of the molecule is CCOC(=O)N[C@H]1CCCN(Cn2c(=O)oc3cc(Cl)ccc32)C1. The molecule has 3 rings (SSSR count). The number of alkyl carbamates (subject to hydrolysis) is 1. The molecule has 8 heteroatoms. The number of halogens is 1. The van der Waals surface area contributed by atoms with E-state index in [9.17, 15) is 9.59 Å². The lowest BCUT2D eigenvalue weighted by Crippen LogP contribution is -2.48. The van der Waals surface area contributed by atoms with Crippen molar-refractivity contribution in [1.82, 2.24) is 14.8 Å². The summed E-state index contributed by atoms with van der Waals surface area (Å²) in [4.78, 5) is 25.8. The number of hydrogen-bond donors (Lipinski definition) is 1. The van der Waals surface area contributed by atoms with Crippen LogP contribution in [-0.4, -0.2) is 41.3 Å². The van der Waals surface area contributed by atoms with Crippen LogP contribution in [0.4, 0.5) is 4.79 Å². The van der Waals surface area contributed by atoms with Crippen molar-refractivity contribution in [2.75, 3.05) is 19.7 Å². The highest BCUT2D eigenvalue weighted by molar-refractivity contribution is 6.31. The van der Waals surface area contributed by atoms with Gasteiger partial charge in [-0.05, 0) is 38.4 Å². The molecule has 1 atom stereocenters. The monoisotopic (exact) mass is 353 g/mol. The Hall–Kier alpha value is -1.99. The van der Waals surface area contributed by atoms with Crippen molar-refractivity contribution in [3.63, 3.8) is 0 Å². The average Bonchev–Trinajstić information content (AvgIpc) is 2.83. The Balaban J connectivity index is 1.71. The lowest BCUT2D eigenvalue weighted by atomic mass is 10.1. The van der Waals surface area contributed by atoms with Gasteiger partial charge in [0, 0.05) is 23.7 Å². The predicted octanol–water partition coefficient (Wildman–Crippen LogP) is 2.42. The van der Waals surface area contributed by atoms with E-state index in [-0.39, 0.29) is 6.04 Å². The summed E-state index contributed by atoms with van der Waals surface area (Å²) in [5.41, 5.74) is 1.19. The number of piperidine rings is 1. The van der Waals surface area contributed by atoms with Crippen molar-refractivity contribution < 1.29 is 13.9 Å². The van der Waals surface area contributed by atoms with E-state index in [1.807, 2.05) is 0 Å². The molecule has 2 heterocycles. The number of oxazole rings is 1.